The van der Waals surface area contributed by atoms with Gasteiger partial charge in [-0.2, -0.15) is 0 Å². The molecule has 0 aliphatic carbocycles. The molecule has 0 amide bonds. The second-order valence-corrected chi connectivity index (χ2v) is 4.39. The molecule has 0 aromatic heterocycles. The lowest BCUT2D eigenvalue weighted by molar-refractivity contribution is 0.427. The van der Waals surface area contributed by atoms with Crippen LogP contribution in [0.1, 0.15) is 25.5 Å². The molecule has 1 atom stereocenters. The normalized spacial score (nSPS) is 13.2. The monoisotopic (exact) mass is 259 g/mol. The average molecular weight is 260 g/mol. The second-order valence-electron chi connectivity index (χ2n) is 3.60. The van der Waals surface area contributed by atoms with Gasteiger partial charge in [0.05, 0.1) is 4.47 Å². The Morgan fingerprint density at radius 2 is 1.71 bits per heavy atom. The third kappa shape index (κ3) is 2.01. The highest BCUT2D eigenvalue weighted by molar-refractivity contribution is 9.10. The van der Waals surface area contributed by atoms with Crippen molar-refractivity contribution in [3.63, 3.8) is 0 Å². The highest BCUT2D eigenvalue weighted by Crippen LogP contribution is 2.39. The lowest BCUT2D eigenvalue weighted by atomic mass is 9.96. The summed E-state index contributed by atoms with van der Waals surface area (Å²) < 4.78 is 0.471. The highest BCUT2D eigenvalue weighted by Gasteiger charge is 2.19. The van der Waals surface area contributed by atoms with Gasteiger partial charge in [-0.25, -0.2) is 0 Å². The number of benzene rings is 1. The first kappa shape index (κ1) is 11.3. The van der Waals surface area contributed by atoms with Gasteiger partial charge < -0.3 is 15.9 Å². The van der Waals surface area contributed by atoms with Gasteiger partial charge in [-0.3, -0.25) is 0 Å². The minimum absolute atomic E-state index is 0.0916. The maximum absolute atomic E-state index is 9.61. The number of halogens is 1. The average Bonchev–Trinajstić information content (AvgIpc) is 2.12. The van der Waals surface area contributed by atoms with Crippen LogP contribution in [0.2, 0.25) is 0 Å². The molecule has 0 radical (unpaired) electrons. The van der Waals surface area contributed by atoms with Crippen LogP contribution in [0, 0.1) is 5.92 Å². The maximum atomic E-state index is 9.61. The quantitative estimate of drug-likeness (QED) is 0.716. The summed E-state index contributed by atoms with van der Waals surface area (Å²) in [6, 6.07) is 2.57. The molecular formula is C10H14BrNO2. The van der Waals surface area contributed by atoms with E-state index in [1.807, 2.05) is 13.8 Å². The highest BCUT2D eigenvalue weighted by atomic mass is 79.9. The van der Waals surface area contributed by atoms with Crippen LogP contribution in [-0.4, -0.2) is 10.2 Å². The Hall–Kier alpha value is -0.740. The molecule has 0 heterocycles. The maximum Gasteiger partial charge on any atom is 0.130 e. The number of hydrogen-bond acceptors (Lipinski definition) is 3. The summed E-state index contributed by atoms with van der Waals surface area (Å²) in [5, 5.41) is 19.1. The number of phenols is 2. The van der Waals surface area contributed by atoms with E-state index in [-0.39, 0.29) is 23.5 Å². The van der Waals surface area contributed by atoms with Crippen molar-refractivity contribution in [1.29, 1.82) is 0 Å². The van der Waals surface area contributed by atoms with E-state index in [0.717, 1.165) is 0 Å². The van der Waals surface area contributed by atoms with Gasteiger partial charge in [-0.15, -0.1) is 0 Å². The molecule has 3 nitrogen and oxygen atoms in total. The molecule has 0 spiro atoms. The Morgan fingerprint density at radius 1 is 1.21 bits per heavy atom. The van der Waals surface area contributed by atoms with E-state index in [4.69, 9.17) is 5.73 Å². The zero-order valence-corrected chi connectivity index (χ0v) is 9.75. The van der Waals surface area contributed by atoms with Crippen molar-refractivity contribution in [2.24, 2.45) is 11.7 Å². The molecule has 0 saturated heterocycles. The second kappa shape index (κ2) is 4.19. The van der Waals surface area contributed by atoms with Crippen molar-refractivity contribution in [2.45, 2.75) is 19.9 Å². The van der Waals surface area contributed by atoms with Gasteiger partial charge in [0.2, 0.25) is 0 Å². The number of aromatic hydroxyl groups is 2. The summed E-state index contributed by atoms with van der Waals surface area (Å²) in [5.41, 5.74) is 6.46. The van der Waals surface area contributed by atoms with Gasteiger partial charge in [-0.1, -0.05) is 13.8 Å². The lowest BCUT2D eigenvalue weighted by Crippen LogP contribution is -2.17. The van der Waals surface area contributed by atoms with Crippen LogP contribution in [-0.2, 0) is 0 Å². The Bertz CT molecular complexity index is 339. The first-order chi connectivity index (χ1) is 6.45. The van der Waals surface area contributed by atoms with Crippen LogP contribution >= 0.6 is 15.9 Å². The summed E-state index contributed by atoms with van der Waals surface area (Å²) in [4.78, 5) is 0. The van der Waals surface area contributed by atoms with Gasteiger partial charge in [0, 0.05) is 11.6 Å². The van der Waals surface area contributed by atoms with Crippen molar-refractivity contribution >= 4 is 15.9 Å². The fraction of sp³-hybridized carbons (Fsp3) is 0.400. The predicted octanol–water partition coefficient (Wildman–Crippen LogP) is 2.52. The fourth-order valence-corrected chi connectivity index (χ4v) is 1.82. The van der Waals surface area contributed by atoms with Gasteiger partial charge in [0.1, 0.15) is 11.5 Å². The zero-order chi connectivity index (χ0) is 10.9. The topological polar surface area (TPSA) is 66.5 Å². The van der Waals surface area contributed by atoms with Gasteiger partial charge >= 0.3 is 0 Å². The summed E-state index contributed by atoms with van der Waals surface area (Å²) >= 11 is 3.21. The van der Waals surface area contributed by atoms with Crippen molar-refractivity contribution in [2.75, 3.05) is 0 Å². The molecule has 0 aliphatic rings. The molecule has 4 heteroatoms. The molecule has 0 bridgehead atoms. The summed E-state index contributed by atoms with van der Waals surface area (Å²) in [6.45, 7) is 3.92. The number of rotatable bonds is 2. The van der Waals surface area contributed by atoms with Gasteiger partial charge in [-0.05, 0) is 34.0 Å². The summed E-state index contributed by atoms with van der Waals surface area (Å²) in [6.07, 6.45) is 0. The SMILES string of the molecule is CC(C)[C@H](N)c1c(O)ccc(O)c1Br. The van der Waals surface area contributed by atoms with Crippen LogP contribution in [0.4, 0.5) is 0 Å². The van der Waals surface area contributed by atoms with E-state index in [9.17, 15) is 10.2 Å². The lowest BCUT2D eigenvalue weighted by Gasteiger charge is -2.19. The molecule has 1 aromatic rings. The number of phenolic OH excluding ortho intramolecular Hbond substituents is 2. The Morgan fingerprint density at radius 3 is 2.21 bits per heavy atom. The number of nitrogens with two attached hydrogens (primary N) is 1. The van der Waals surface area contributed by atoms with E-state index < -0.39 is 0 Å². The molecule has 14 heavy (non-hydrogen) atoms. The molecule has 1 rings (SSSR count). The van der Waals surface area contributed by atoms with Gasteiger partial charge in [0.25, 0.3) is 0 Å². The van der Waals surface area contributed by atoms with E-state index in [0.29, 0.717) is 10.0 Å². The largest absolute Gasteiger partial charge is 0.508 e. The van der Waals surface area contributed by atoms with Crippen molar-refractivity contribution in [3.8, 4) is 11.5 Å². The van der Waals surface area contributed by atoms with Crippen LogP contribution in [0.5, 0.6) is 11.5 Å². The third-order valence-electron chi connectivity index (χ3n) is 2.19. The minimum Gasteiger partial charge on any atom is -0.508 e. The minimum atomic E-state index is -0.295. The van der Waals surface area contributed by atoms with E-state index in [1.165, 1.54) is 12.1 Å². The molecule has 0 unspecified atom stereocenters. The molecular weight excluding hydrogens is 246 g/mol. The Balaban J connectivity index is 3.25. The molecule has 0 aliphatic heterocycles. The summed E-state index contributed by atoms with van der Waals surface area (Å²) in [7, 11) is 0. The first-order valence-corrected chi connectivity index (χ1v) is 5.20. The molecule has 0 saturated carbocycles. The van der Waals surface area contributed by atoms with E-state index in [2.05, 4.69) is 15.9 Å². The molecule has 1 aromatic carbocycles. The zero-order valence-electron chi connectivity index (χ0n) is 8.16. The van der Waals surface area contributed by atoms with Crippen LogP contribution in [0.15, 0.2) is 16.6 Å². The van der Waals surface area contributed by atoms with E-state index in [1.54, 1.807) is 0 Å². The van der Waals surface area contributed by atoms with Crippen LogP contribution in [0.3, 0.4) is 0 Å². The first-order valence-electron chi connectivity index (χ1n) is 4.41. The smallest absolute Gasteiger partial charge is 0.130 e. The molecule has 4 N–H and O–H groups in total. The standard InChI is InChI=1S/C10H14BrNO2/c1-5(2)10(12)8-6(13)3-4-7(14)9(8)11/h3-5,10,13-14H,12H2,1-2H3/t10-/m0/s1. The third-order valence-corrected chi connectivity index (χ3v) is 3.02. The predicted molar refractivity (Wildman–Crippen MR) is 59.2 cm³/mol. The fourth-order valence-electron chi connectivity index (χ4n) is 1.22. The summed E-state index contributed by atoms with van der Waals surface area (Å²) in [5.74, 6) is 0.392. The van der Waals surface area contributed by atoms with Crippen LogP contribution < -0.4 is 5.73 Å². The van der Waals surface area contributed by atoms with Crippen molar-refractivity contribution in [3.05, 3.63) is 22.2 Å². The van der Waals surface area contributed by atoms with Crippen molar-refractivity contribution in [1.82, 2.24) is 0 Å². The van der Waals surface area contributed by atoms with Crippen molar-refractivity contribution < 1.29 is 10.2 Å². The Kier molecular flexibility index (Phi) is 3.39. The van der Waals surface area contributed by atoms with Crippen LogP contribution in [0.25, 0.3) is 0 Å². The van der Waals surface area contributed by atoms with Gasteiger partial charge in [0.15, 0.2) is 0 Å². The Labute approximate surface area is 91.7 Å². The van der Waals surface area contributed by atoms with E-state index >= 15 is 0 Å². The molecule has 78 valence electrons. The number of hydrogen-bond donors (Lipinski definition) is 3. The molecule has 0 fully saturated rings.